The van der Waals surface area contributed by atoms with Crippen molar-refractivity contribution in [3.63, 3.8) is 0 Å². The van der Waals surface area contributed by atoms with Crippen molar-refractivity contribution >= 4 is 17.7 Å². The molecule has 0 aromatic carbocycles. The minimum absolute atomic E-state index is 0.0122. The van der Waals surface area contributed by atoms with Crippen LogP contribution in [0.1, 0.15) is 79.6 Å². The largest absolute Gasteiger partial charge is 0.496 e. The first kappa shape index (κ1) is 31.5. The van der Waals surface area contributed by atoms with E-state index in [2.05, 4.69) is 37.3 Å². The lowest BCUT2D eigenvalue weighted by atomic mass is 9.50. The minimum Gasteiger partial charge on any atom is -0.496 e. The predicted octanol–water partition coefficient (Wildman–Crippen LogP) is 6.19. The number of carbonyl (C=O) groups excluding carboxylic acids is 3. The third-order valence-corrected chi connectivity index (χ3v) is 11.5. The van der Waals surface area contributed by atoms with E-state index in [0.717, 1.165) is 18.4 Å². The molecule has 1 saturated carbocycles. The molecular formula is C36H48O7. The van der Waals surface area contributed by atoms with Crippen molar-refractivity contribution < 1.29 is 33.7 Å². The highest BCUT2D eigenvalue weighted by molar-refractivity contribution is 6.21. The van der Waals surface area contributed by atoms with Crippen molar-refractivity contribution in [2.24, 2.45) is 40.4 Å². The van der Waals surface area contributed by atoms with Gasteiger partial charge in [-0.15, -0.1) is 0 Å². The number of aliphatic hydroxyl groups is 1. The summed E-state index contributed by atoms with van der Waals surface area (Å²) in [5.74, 6) is -1.62. The first-order valence-corrected chi connectivity index (χ1v) is 16.0. The maximum Gasteiger partial charge on any atom is 0.346 e. The van der Waals surface area contributed by atoms with Gasteiger partial charge in [-0.2, -0.15) is 0 Å². The van der Waals surface area contributed by atoms with Crippen molar-refractivity contribution in [2.45, 2.75) is 91.3 Å². The standard InChI is InChI=1S/C36H48O7/c1-8-23-19-36-31(41-6)28(33(40)43-36)30(38)35(9-2)24(15-16-25-27(35)17-14-22(4)29(25)37)13-11-10-12-21(3)18-34(36,5)20-26(23)32(39)42-7/h10-11,15-16,18,20,22-25,27,29,37H,8-9,12-14,17,19H2,1-7H3/b11-10+,21-18+/t22-,23-,24+,25-,27+,29-,34-,35+,36+/m0/s1. The molecule has 7 heteroatoms. The second-order valence-electron chi connectivity index (χ2n) is 13.7. The number of carbonyl (C=O) groups is 3. The van der Waals surface area contributed by atoms with Gasteiger partial charge < -0.3 is 19.3 Å². The van der Waals surface area contributed by atoms with Gasteiger partial charge in [0, 0.05) is 23.3 Å². The summed E-state index contributed by atoms with van der Waals surface area (Å²) >= 11 is 0. The first-order chi connectivity index (χ1) is 20.4. The van der Waals surface area contributed by atoms with Gasteiger partial charge in [0.05, 0.1) is 25.7 Å². The zero-order chi connectivity index (χ0) is 31.3. The Morgan fingerprint density at radius 3 is 2.51 bits per heavy atom. The van der Waals surface area contributed by atoms with E-state index in [1.54, 1.807) is 0 Å². The van der Waals surface area contributed by atoms with Gasteiger partial charge in [-0.25, -0.2) is 9.59 Å². The van der Waals surface area contributed by atoms with Crippen LogP contribution in [0.2, 0.25) is 0 Å². The van der Waals surface area contributed by atoms with Crippen LogP contribution in [0.5, 0.6) is 0 Å². The van der Waals surface area contributed by atoms with E-state index in [1.807, 2.05) is 33.8 Å². The summed E-state index contributed by atoms with van der Waals surface area (Å²) < 4.78 is 17.7. The van der Waals surface area contributed by atoms with Crippen LogP contribution < -0.4 is 0 Å². The molecular weight excluding hydrogens is 544 g/mol. The topological polar surface area (TPSA) is 99.1 Å². The highest BCUT2D eigenvalue weighted by Gasteiger charge is 2.66. The Bertz CT molecular complexity index is 1330. The van der Waals surface area contributed by atoms with Crippen LogP contribution in [0, 0.1) is 40.4 Å². The summed E-state index contributed by atoms with van der Waals surface area (Å²) in [7, 11) is 2.89. The fourth-order valence-corrected chi connectivity index (χ4v) is 9.21. The third kappa shape index (κ3) is 4.60. The number of aliphatic hydroxyl groups excluding tert-OH is 1. The zero-order valence-corrected chi connectivity index (χ0v) is 26.8. The number of esters is 2. The van der Waals surface area contributed by atoms with Crippen molar-refractivity contribution in [1.82, 2.24) is 0 Å². The number of ether oxygens (including phenoxy) is 3. The molecule has 2 bridgehead atoms. The Labute approximate surface area is 256 Å². The summed E-state index contributed by atoms with van der Waals surface area (Å²) in [6, 6.07) is 0. The number of hydrogen-bond acceptors (Lipinski definition) is 7. The summed E-state index contributed by atoms with van der Waals surface area (Å²) in [5, 5.41) is 11.3. The molecule has 1 N–H and O–H groups in total. The number of ketones is 1. The molecule has 7 nitrogen and oxygen atoms in total. The number of hydrogen-bond donors (Lipinski definition) is 1. The lowest BCUT2D eigenvalue weighted by Gasteiger charge is -2.53. The third-order valence-electron chi connectivity index (χ3n) is 11.5. The molecule has 0 saturated heterocycles. The SMILES string of the molecule is CC[C@H]1C[C@@]23OC(=O)C(=C2OC)C(=O)[C@@]2(CC)[C@@H]4CC[C@H](C)[C@H](O)[C@H]4C=C[C@H]2C/C=C/C/C(C)=C/[C@@]3(C)C=C1C(=O)OC. The fraction of sp³-hybridized carbons (Fsp3) is 0.639. The molecule has 0 aromatic rings. The van der Waals surface area contributed by atoms with Crippen LogP contribution in [0.15, 0.2) is 58.9 Å². The smallest absolute Gasteiger partial charge is 0.346 e. The molecule has 5 aliphatic rings. The molecule has 1 heterocycles. The molecule has 43 heavy (non-hydrogen) atoms. The Balaban J connectivity index is 1.79. The minimum atomic E-state index is -1.31. The van der Waals surface area contributed by atoms with E-state index in [1.165, 1.54) is 14.2 Å². The van der Waals surface area contributed by atoms with Crippen LogP contribution in [0.3, 0.4) is 0 Å². The van der Waals surface area contributed by atoms with E-state index < -0.39 is 34.5 Å². The number of rotatable bonds is 4. The molecule has 234 valence electrons. The van der Waals surface area contributed by atoms with Gasteiger partial charge >= 0.3 is 11.9 Å². The van der Waals surface area contributed by atoms with Gasteiger partial charge in [0.25, 0.3) is 0 Å². The number of Topliss-reactive ketones (excluding diaryl/α,β-unsaturated/α-hetero) is 1. The van der Waals surface area contributed by atoms with Gasteiger partial charge in [-0.1, -0.05) is 62.8 Å². The first-order valence-electron chi connectivity index (χ1n) is 16.0. The number of fused-ring (bicyclic) bond motifs is 3. The maximum atomic E-state index is 15.2. The van der Waals surface area contributed by atoms with Crippen LogP contribution in [0.4, 0.5) is 0 Å². The summed E-state index contributed by atoms with van der Waals surface area (Å²) in [4.78, 5) is 42.4. The lowest BCUT2D eigenvalue weighted by molar-refractivity contribution is -0.160. The summed E-state index contributed by atoms with van der Waals surface area (Å²) in [6.07, 6.45) is 16.3. The molecule has 9 atom stereocenters. The van der Waals surface area contributed by atoms with Gasteiger partial charge in [-0.05, 0) is 76.0 Å². The Morgan fingerprint density at radius 2 is 1.86 bits per heavy atom. The Kier molecular flexibility index (Phi) is 8.45. The van der Waals surface area contributed by atoms with E-state index >= 15 is 4.79 Å². The Morgan fingerprint density at radius 1 is 1.12 bits per heavy atom. The lowest BCUT2D eigenvalue weighted by Crippen LogP contribution is -2.54. The average Bonchev–Trinajstić information content (AvgIpc) is 3.28. The molecule has 1 fully saturated rings. The summed E-state index contributed by atoms with van der Waals surface area (Å²) in [5.41, 5.74) is -1.62. The molecule has 0 unspecified atom stereocenters. The normalized spacial score (nSPS) is 42.9. The maximum absolute atomic E-state index is 15.2. The van der Waals surface area contributed by atoms with Crippen LogP contribution in [-0.4, -0.2) is 48.8 Å². The molecule has 1 spiro atoms. The highest BCUT2D eigenvalue weighted by Crippen LogP contribution is 2.61. The molecule has 4 aliphatic carbocycles. The van der Waals surface area contributed by atoms with Gasteiger partial charge in [-0.3, -0.25) is 4.79 Å². The zero-order valence-electron chi connectivity index (χ0n) is 26.8. The Hall–Kier alpha value is -2.93. The van der Waals surface area contributed by atoms with E-state index in [-0.39, 0.29) is 53.1 Å². The van der Waals surface area contributed by atoms with Gasteiger partial charge in [0.15, 0.2) is 17.1 Å². The monoisotopic (exact) mass is 592 g/mol. The van der Waals surface area contributed by atoms with Gasteiger partial charge in [0.2, 0.25) is 0 Å². The van der Waals surface area contributed by atoms with Crippen molar-refractivity contribution in [3.05, 3.63) is 58.9 Å². The van der Waals surface area contributed by atoms with Crippen LogP contribution in [-0.2, 0) is 28.6 Å². The number of allylic oxidation sites excluding steroid dienone is 4. The number of methoxy groups -OCH3 is 2. The van der Waals surface area contributed by atoms with Crippen molar-refractivity contribution in [1.29, 1.82) is 0 Å². The van der Waals surface area contributed by atoms with E-state index in [9.17, 15) is 14.7 Å². The molecule has 5 rings (SSSR count). The summed E-state index contributed by atoms with van der Waals surface area (Å²) in [6.45, 7) is 10.1. The van der Waals surface area contributed by atoms with Crippen molar-refractivity contribution in [2.75, 3.05) is 14.2 Å². The van der Waals surface area contributed by atoms with Gasteiger partial charge in [0.1, 0.15) is 5.57 Å². The fourth-order valence-electron chi connectivity index (χ4n) is 9.21. The molecule has 1 aliphatic heterocycles. The second kappa shape index (κ2) is 11.5. The highest BCUT2D eigenvalue weighted by atomic mass is 16.6. The van der Waals surface area contributed by atoms with Crippen molar-refractivity contribution in [3.8, 4) is 0 Å². The molecule has 0 aromatic heterocycles. The second-order valence-corrected chi connectivity index (χ2v) is 13.7. The van der Waals surface area contributed by atoms with E-state index in [0.29, 0.717) is 31.3 Å². The predicted molar refractivity (Wildman–Crippen MR) is 163 cm³/mol. The molecule has 0 amide bonds. The van der Waals surface area contributed by atoms with Crippen LogP contribution in [0.25, 0.3) is 0 Å². The van der Waals surface area contributed by atoms with E-state index in [4.69, 9.17) is 14.2 Å². The quantitative estimate of drug-likeness (QED) is 0.236. The molecule has 0 radical (unpaired) electrons. The average molecular weight is 593 g/mol. The van der Waals surface area contributed by atoms with Crippen LogP contribution >= 0.6 is 0 Å².